The second kappa shape index (κ2) is 9.91. The number of alkyl halides is 6. The Balaban J connectivity index is 1.58. The van der Waals surface area contributed by atoms with E-state index in [1.165, 1.54) is 46.2 Å². The molecule has 0 unspecified atom stereocenters. The summed E-state index contributed by atoms with van der Waals surface area (Å²) in [5, 5.41) is 6.37. The summed E-state index contributed by atoms with van der Waals surface area (Å²) in [4.78, 5) is 16.0. The molecule has 2 heterocycles. The minimum Gasteiger partial charge on any atom is -0.413 e. The van der Waals surface area contributed by atoms with Gasteiger partial charge in [-0.25, -0.2) is 4.79 Å². The van der Waals surface area contributed by atoms with Gasteiger partial charge in [0.05, 0.1) is 12.1 Å². The summed E-state index contributed by atoms with van der Waals surface area (Å²) in [6, 6.07) is 9.58. The third-order valence-electron chi connectivity index (χ3n) is 5.39. The van der Waals surface area contributed by atoms with Crippen molar-refractivity contribution in [3.05, 3.63) is 65.5 Å². The summed E-state index contributed by atoms with van der Waals surface area (Å²) in [6.45, 7) is 0.433. The largest absolute Gasteiger partial charge is 0.470 e. The zero-order valence-electron chi connectivity index (χ0n) is 18.3. The number of amides is 2. The first-order valence-electron chi connectivity index (χ1n) is 10.5. The Morgan fingerprint density at radius 1 is 0.917 bits per heavy atom. The van der Waals surface area contributed by atoms with Gasteiger partial charge in [-0.2, -0.15) is 26.3 Å². The molecule has 0 bridgehead atoms. The van der Waals surface area contributed by atoms with E-state index in [1.54, 1.807) is 0 Å². The topological polar surface area (TPSA) is 79.5 Å². The molecule has 0 aliphatic carbocycles. The number of carbonyl (C=O) groups excluding carboxylic acids is 1. The number of aromatic nitrogens is 2. The van der Waals surface area contributed by atoms with Crippen LogP contribution in [-0.4, -0.2) is 49.9 Å². The minimum atomic E-state index is -4.78. The van der Waals surface area contributed by atoms with Crippen LogP contribution in [0.25, 0.3) is 11.5 Å². The third-order valence-corrected chi connectivity index (χ3v) is 6.67. The van der Waals surface area contributed by atoms with Crippen LogP contribution in [0.4, 0.5) is 36.8 Å². The van der Waals surface area contributed by atoms with E-state index >= 15 is 0 Å². The second-order valence-corrected chi connectivity index (χ2v) is 9.55. The van der Waals surface area contributed by atoms with Crippen LogP contribution in [0.5, 0.6) is 0 Å². The van der Waals surface area contributed by atoms with Crippen LogP contribution < -0.4 is 4.90 Å². The zero-order valence-corrected chi connectivity index (χ0v) is 19.2. The predicted molar refractivity (Wildman–Crippen MR) is 117 cm³/mol. The normalized spacial score (nSPS) is 15.2. The Morgan fingerprint density at radius 2 is 1.53 bits per heavy atom. The summed E-state index contributed by atoms with van der Waals surface area (Å²) in [5.41, 5.74) is 0.112. The van der Waals surface area contributed by atoms with Gasteiger partial charge in [0, 0.05) is 46.6 Å². The Kier molecular flexibility index (Phi) is 7.07. The lowest BCUT2D eigenvalue weighted by Gasteiger charge is -2.33. The second-order valence-electron chi connectivity index (χ2n) is 7.86. The maximum Gasteiger partial charge on any atom is 0.470 e. The van der Waals surface area contributed by atoms with Crippen LogP contribution >= 0.6 is 0 Å². The number of hydrogen-bond acceptors (Lipinski definition) is 5. The van der Waals surface area contributed by atoms with Gasteiger partial charge < -0.3 is 9.32 Å². The standard InChI is InChI=1S/C22H18F6N4O3S/c23-21(24,25)16-5-7-17(8-6-16)32(20(33)31-9-11-36(34)12-10-31)13-14-1-3-15(4-2-14)18-29-30-19(35-18)22(26,27)28/h1-8H,9-13H2. The van der Waals surface area contributed by atoms with Crippen LogP contribution in [0.3, 0.4) is 0 Å². The summed E-state index contributed by atoms with van der Waals surface area (Å²) < 4.78 is 93.5. The van der Waals surface area contributed by atoms with Crippen molar-refractivity contribution in [3.8, 4) is 11.5 Å². The monoisotopic (exact) mass is 532 g/mol. The zero-order chi connectivity index (χ0) is 26.1. The lowest BCUT2D eigenvalue weighted by molar-refractivity contribution is -0.157. The van der Waals surface area contributed by atoms with Gasteiger partial charge in [0.25, 0.3) is 0 Å². The number of anilines is 1. The van der Waals surface area contributed by atoms with Crippen molar-refractivity contribution < 1.29 is 39.8 Å². The van der Waals surface area contributed by atoms with Crippen molar-refractivity contribution in [3.63, 3.8) is 0 Å². The van der Waals surface area contributed by atoms with Crippen molar-refractivity contribution in [2.24, 2.45) is 0 Å². The number of halogens is 6. The average Bonchev–Trinajstić information content (AvgIpc) is 3.34. The van der Waals surface area contributed by atoms with Crippen LogP contribution in [0.2, 0.25) is 0 Å². The van der Waals surface area contributed by atoms with Gasteiger partial charge >= 0.3 is 24.3 Å². The summed E-state index contributed by atoms with van der Waals surface area (Å²) in [7, 11) is -1.04. The molecular weight excluding hydrogens is 514 g/mol. The maximum atomic E-state index is 13.3. The highest BCUT2D eigenvalue weighted by atomic mass is 32.2. The lowest BCUT2D eigenvalue weighted by Crippen LogP contribution is -2.48. The van der Waals surface area contributed by atoms with Gasteiger partial charge in [-0.15, -0.1) is 10.2 Å². The average molecular weight is 532 g/mol. The van der Waals surface area contributed by atoms with E-state index in [-0.39, 0.29) is 36.8 Å². The van der Waals surface area contributed by atoms with E-state index < -0.39 is 40.6 Å². The molecule has 14 heteroatoms. The lowest BCUT2D eigenvalue weighted by atomic mass is 10.1. The van der Waals surface area contributed by atoms with Gasteiger partial charge in [-0.3, -0.25) is 9.11 Å². The van der Waals surface area contributed by atoms with Crippen LogP contribution in [0.1, 0.15) is 17.0 Å². The molecule has 0 saturated carbocycles. The minimum absolute atomic E-state index is 0.0400. The van der Waals surface area contributed by atoms with Crippen LogP contribution in [-0.2, 0) is 29.7 Å². The third kappa shape index (κ3) is 5.86. The molecule has 7 nitrogen and oxygen atoms in total. The van der Waals surface area contributed by atoms with Crippen LogP contribution in [0, 0.1) is 0 Å². The van der Waals surface area contributed by atoms with E-state index in [9.17, 15) is 35.3 Å². The number of nitrogens with zero attached hydrogens (tertiary/aromatic N) is 4. The molecular formula is C22H18F6N4O3S. The molecule has 36 heavy (non-hydrogen) atoms. The Hall–Kier alpha value is -3.42. The Labute approximate surface area is 203 Å². The molecule has 1 aromatic heterocycles. The highest BCUT2D eigenvalue weighted by Crippen LogP contribution is 2.32. The first-order chi connectivity index (χ1) is 16.9. The van der Waals surface area contributed by atoms with E-state index in [1.807, 2.05) is 0 Å². The number of urea groups is 1. The van der Waals surface area contributed by atoms with Gasteiger partial charge in [0.15, 0.2) is 0 Å². The Bertz CT molecular complexity index is 1230. The molecule has 1 fully saturated rings. The molecule has 1 saturated heterocycles. The molecule has 0 atom stereocenters. The van der Waals surface area contributed by atoms with Gasteiger partial charge in [-0.05, 0) is 42.0 Å². The molecule has 0 N–H and O–H groups in total. The SMILES string of the molecule is O=C(N1CCS(=O)CC1)N(Cc1ccc(-c2nnc(C(F)(F)F)o2)cc1)c1ccc(C(F)(F)F)cc1. The molecule has 0 spiro atoms. The smallest absolute Gasteiger partial charge is 0.413 e. The predicted octanol–water partition coefficient (Wildman–Crippen LogP) is 4.97. The quantitative estimate of drug-likeness (QED) is 0.444. The molecule has 0 radical (unpaired) electrons. The summed E-state index contributed by atoms with van der Waals surface area (Å²) >= 11 is 0. The van der Waals surface area contributed by atoms with E-state index in [2.05, 4.69) is 14.6 Å². The van der Waals surface area contributed by atoms with Crippen molar-refractivity contribution in [1.29, 1.82) is 0 Å². The molecule has 4 rings (SSSR count). The fourth-order valence-corrected chi connectivity index (χ4v) is 4.54. The fourth-order valence-electron chi connectivity index (χ4n) is 3.49. The van der Waals surface area contributed by atoms with Crippen molar-refractivity contribution >= 4 is 22.5 Å². The molecule has 1 aliphatic heterocycles. The van der Waals surface area contributed by atoms with Crippen molar-refractivity contribution in [2.75, 3.05) is 29.5 Å². The number of carbonyl (C=O) groups is 1. The molecule has 2 aromatic carbocycles. The van der Waals surface area contributed by atoms with E-state index in [0.29, 0.717) is 17.1 Å². The highest BCUT2D eigenvalue weighted by Gasteiger charge is 2.38. The summed E-state index contributed by atoms with van der Waals surface area (Å²) in [5.74, 6) is -1.23. The first kappa shape index (κ1) is 25.7. The van der Waals surface area contributed by atoms with Gasteiger partial charge in [0.1, 0.15) is 0 Å². The number of benzene rings is 2. The number of hydrogen-bond donors (Lipinski definition) is 0. The van der Waals surface area contributed by atoms with Gasteiger partial charge in [0.2, 0.25) is 5.89 Å². The van der Waals surface area contributed by atoms with Gasteiger partial charge in [-0.1, -0.05) is 12.1 Å². The molecule has 2 amide bonds. The maximum absolute atomic E-state index is 13.3. The fraction of sp³-hybridized carbons (Fsp3) is 0.318. The van der Waals surface area contributed by atoms with E-state index in [0.717, 1.165) is 12.1 Å². The molecule has 192 valence electrons. The van der Waals surface area contributed by atoms with Crippen molar-refractivity contribution in [1.82, 2.24) is 15.1 Å². The van der Waals surface area contributed by atoms with Crippen LogP contribution in [0.15, 0.2) is 52.9 Å². The van der Waals surface area contributed by atoms with E-state index in [4.69, 9.17) is 0 Å². The van der Waals surface area contributed by atoms with Crippen molar-refractivity contribution in [2.45, 2.75) is 18.9 Å². The molecule has 3 aromatic rings. The molecule has 1 aliphatic rings. The summed E-state index contributed by atoms with van der Waals surface area (Å²) in [6.07, 6.45) is -9.32. The number of rotatable bonds is 4. The Morgan fingerprint density at radius 3 is 2.06 bits per heavy atom. The highest BCUT2D eigenvalue weighted by molar-refractivity contribution is 7.85. The first-order valence-corrected chi connectivity index (χ1v) is 12.0.